The number of pyridine rings is 1. The number of halogens is 3. The molecule has 168 valence electrons. The van der Waals surface area contributed by atoms with Crippen LogP contribution in [0.2, 0.25) is 0 Å². The highest BCUT2D eigenvalue weighted by Gasteiger charge is 2.21. The SMILES string of the molecule is CN(C)C1CCN(c2ccc(NC(=O)CCC3CCNCC3)nc2)CC1.Cl.Cl.Cl. The second-order valence-corrected chi connectivity index (χ2v) is 7.86. The second kappa shape index (κ2) is 14.3. The molecule has 2 aliphatic heterocycles. The van der Waals surface area contributed by atoms with E-state index < -0.39 is 0 Å². The van der Waals surface area contributed by atoms with Crippen LogP contribution in [0.5, 0.6) is 0 Å². The van der Waals surface area contributed by atoms with Gasteiger partial charge >= 0.3 is 0 Å². The molecule has 2 saturated heterocycles. The summed E-state index contributed by atoms with van der Waals surface area (Å²) in [7, 11) is 4.31. The summed E-state index contributed by atoms with van der Waals surface area (Å²) < 4.78 is 0. The van der Waals surface area contributed by atoms with Crippen molar-refractivity contribution in [1.82, 2.24) is 15.2 Å². The van der Waals surface area contributed by atoms with E-state index in [0.717, 1.165) is 38.3 Å². The maximum absolute atomic E-state index is 12.2. The van der Waals surface area contributed by atoms with Crippen molar-refractivity contribution in [3.8, 4) is 0 Å². The van der Waals surface area contributed by atoms with Crippen molar-refractivity contribution in [3.63, 3.8) is 0 Å². The van der Waals surface area contributed by atoms with Crippen LogP contribution in [0, 0.1) is 5.92 Å². The average molecular weight is 469 g/mol. The van der Waals surface area contributed by atoms with Crippen molar-refractivity contribution in [2.24, 2.45) is 5.92 Å². The Kier molecular flexibility index (Phi) is 13.9. The van der Waals surface area contributed by atoms with E-state index in [1.54, 1.807) is 0 Å². The Balaban J connectivity index is 0.00000261. The lowest BCUT2D eigenvalue weighted by atomic mass is 9.93. The predicted octanol–water partition coefficient (Wildman–Crippen LogP) is 3.60. The lowest BCUT2D eigenvalue weighted by Gasteiger charge is -2.36. The molecular formula is C20H36Cl3N5O. The highest BCUT2D eigenvalue weighted by molar-refractivity contribution is 5.89. The van der Waals surface area contributed by atoms with Gasteiger partial charge in [0, 0.05) is 25.6 Å². The monoisotopic (exact) mass is 467 g/mol. The summed E-state index contributed by atoms with van der Waals surface area (Å²) in [4.78, 5) is 21.3. The number of amides is 1. The summed E-state index contributed by atoms with van der Waals surface area (Å²) in [5.41, 5.74) is 1.15. The molecule has 1 amide bonds. The minimum absolute atomic E-state index is 0. The van der Waals surface area contributed by atoms with Gasteiger partial charge in [-0.3, -0.25) is 4.79 Å². The fourth-order valence-corrected chi connectivity index (χ4v) is 4.00. The second-order valence-electron chi connectivity index (χ2n) is 7.86. The van der Waals surface area contributed by atoms with Gasteiger partial charge in [0.15, 0.2) is 0 Å². The van der Waals surface area contributed by atoms with Crippen LogP contribution in [0.1, 0.15) is 38.5 Å². The number of nitrogens with one attached hydrogen (secondary N) is 2. The summed E-state index contributed by atoms with van der Waals surface area (Å²) in [6.07, 6.45) is 8.19. The van der Waals surface area contributed by atoms with E-state index in [4.69, 9.17) is 0 Å². The topological polar surface area (TPSA) is 60.5 Å². The Labute approximate surface area is 193 Å². The Hall–Kier alpha value is -0.790. The smallest absolute Gasteiger partial charge is 0.225 e. The van der Waals surface area contributed by atoms with E-state index in [1.807, 2.05) is 12.3 Å². The molecule has 0 saturated carbocycles. The minimum atomic E-state index is 0. The maximum atomic E-state index is 12.2. The average Bonchev–Trinajstić information content (AvgIpc) is 2.68. The Morgan fingerprint density at radius 2 is 1.79 bits per heavy atom. The molecule has 1 aromatic rings. The van der Waals surface area contributed by atoms with Crippen LogP contribution in [-0.4, -0.2) is 62.1 Å². The lowest BCUT2D eigenvalue weighted by Crippen LogP contribution is -2.42. The first kappa shape index (κ1) is 28.2. The predicted molar refractivity (Wildman–Crippen MR) is 128 cm³/mol. The normalized spacial score (nSPS) is 17.7. The van der Waals surface area contributed by atoms with Gasteiger partial charge in [0.1, 0.15) is 5.82 Å². The van der Waals surface area contributed by atoms with E-state index in [2.05, 4.69) is 45.6 Å². The molecule has 2 N–H and O–H groups in total. The Morgan fingerprint density at radius 3 is 2.34 bits per heavy atom. The van der Waals surface area contributed by atoms with Crippen LogP contribution in [0.15, 0.2) is 18.3 Å². The number of anilines is 2. The zero-order valence-electron chi connectivity index (χ0n) is 17.4. The van der Waals surface area contributed by atoms with Crippen molar-refractivity contribution in [3.05, 3.63) is 18.3 Å². The largest absolute Gasteiger partial charge is 0.370 e. The van der Waals surface area contributed by atoms with Crippen LogP contribution in [0.4, 0.5) is 11.5 Å². The van der Waals surface area contributed by atoms with Crippen molar-refractivity contribution in [2.75, 3.05) is 50.5 Å². The van der Waals surface area contributed by atoms with Gasteiger partial charge in [-0.05, 0) is 77.3 Å². The third-order valence-electron chi connectivity index (χ3n) is 5.81. The number of carbonyl (C=O) groups is 1. The van der Waals surface area contributed by atoms with Gasteiger partial charge < -0.3 is 20.4 Å². The van der Waals surface area contributed by atoms with Gasteiger partial charge in [-0.25, -0.2) is 4.98 Å². The fourth-order valence-electron chi connectivity index (χ4n) is 4.00. The number of hydrogen-bond acceptors (Lipinski definition) is 5. The Morgan fingerprint density at radius 1 is 1.14 bits per heavy atom. The Bertz CT molecular complexity index is 574. The minimum Gasteiger partial charge on any atom is -0.370 e. The van der Waals surface area contributed by atoms with Gasteiger partial charge in [0.2, 0.25) is 5.91 Å². The van der Waals surface area contributed by atoms with Gasteiger partial charge in [-0.1, -0.05) is 0 Å². The van der Waals surface area contributed by atoms with E-state index in [0.29, 0.717) is 24.2 Å². The molecule has 0 atom stereocenters. The van der Waals surface area contributed by atoms with Crippen molar-refractivity contribution < 1.29 is 4.79 Å². The van der Waals surface area contributed by atoms with Gasteiger partial charge in [-0.15, -0.1) is 37.2 Å². The van der Waals surface area contributed by atoms with Crippen molar-refractivity contribution in [1.29, 1.82) is 0 Å². The highest BCUT2D eigenvalue weighted by Crippen LogP contribution is 2.22. The van der Waals surface area contributed by atoms with Crippen molar-refractivity contribution >= 4 is 54.6 Å². The van der Waals surface area contributed by atoms with Crippen LogP contribution in [-0.2, 0) is 4.79 Å². The molecule has 0 bridgehead atoms. The molecule has 2 fully saturated rings. The summed E-state index contributed by atoms with van der Waals surface area (Å²) in [6.45, 7) is 4.29. The van der Waals surface area contributed by atoms with Crippen LogP contribution < -0.4 is 15.5 Å². The molecule has 29 heavy (non-hydrogen) atoms. The van der Waals surface area contributed by atoms with Crippen LogP contribution in [0.3, 0.4) is 0 Å². The standard InChI is InChI=1S/C20H33N5O.3ClH/c1-24(2)17-9-13-25(14-10-17)18-4-5-19(22-15-18)23-20(26)6-3-16-7-11-21-12-8-16;;;/h4-5,15-17,21H,3,6-14H2,1-2H3,(H,22,23,26);3*1H. The number of piperidine rings is 2. The first-order valence-electron chi connectivity index (χ1n) is 10.00. The molecule has 0 unspecified atom stereocenters. The quantitative estimate of drug-likeness (QED) is 0.668. The molecule has 9 heteroatoms. The van der Waals surface area contributed by atoms with Crippen molar-refractivity contribution in [2.45, 2.75) is 44.6 Å². The van der Waals surface area contributed by atoms with E-state index in [-0.39, 0.29) is 43.1 Å². The zero-order valence-corrected chi connectivity index (χ0v) is 19.9. The molecule has 0 aliphatic carbocycles. The first-order valence-corrected chi connectivity index (χ1v) is 10.00. The zero-order chi connectivity index (χ0) is 18.4. The summed E-state index contributed by atoms with van der Waals surface area (Å²) in [5.74, 6) is 1.42. The summed E-state index contributed by atoms with van der Waals surface area (Å²) in [5, 5.41) is 6.31. The molecule has 0 radical (unpaired) electrons. The third kappa shape index (κ3) is 8.85. The molecule has 6 nitrogen and oxygen atoms in total. The van der Waals surface area contributed by atoms with E-state index in [1.165, 1.54) is 25.7 Å². The number of carbonyl (C=O) groups excluding carboxylic acids is 1. The maximum Gasteiger partial charge on any atom is 0.225 e. The van der Waals surface area contributed by atoms with Gasteiger partial charge in [0.05, 0.1) is 11.9 Å². The number of hydrogen-bond donors (Lipinski definition) is 2. The summed E-state index contributed by atoms with van der Waals surface area (Å²) >= 11 is 0. The van der Waals surface area contributed by atoms with E-state index in [9.17, 15) is 4.79 Å². The summed E-state index contributed by atoms with van der Waals surface area (Å²) in [6, 6.07) is 4.68. The molecule has 1 aromatic heterocycles. The molecule has 3 rings (SSSR count). The molecule has 3 heterocycles. The third-order valence-corrected chi connectivity index (χ3v) is 5.81. The molecule has 0 spiro atoms. The lowest BCUT2D eigenvalue weighted by molar-refractivity contribution is -0.116. The van der Waals surface area contributed by atoms with Gasteiger partial charge in [-0.2, -0.15) is 0 Å². The fraction of sp³-hybridized carbons (Fsp3) is 0.700. The van der Waals surface area contributed by atoms with E-state index >= 15 is 0 Å². The number of aromatic nitrogens is 1. The highest BCUT2D eigenvalue weighted by atomic mass is 35.5. The molecule has 2 aliphatic rings. The molecular weight excluding hydrogens is 433 g/mol. The van der Waals surface area contributed by atoms with Gasteiger partial charge in [0.25, 0.3) is 0 Å². The van der Waals surface area contributed by atoms with Crippen LogP contribution >= 0.6 is 37.2 Å². The number of rotatable bonds is 6. The van der Waals surface area contributed by atoms with Crippen LogP contribution in [0.25, 0.3) is 0 Å². The molecule has 0 aromatic carbocycles. The first-order chi connectivity index (χ1) is 12.6. The number of nitrogens with zero attached hydrogens (tertiary/aromatic N) is 3.